The number of methoxy groups -OCH3 is 2. The molecule has 2 aromatic heterocycles. The highest BCUT2D eigenvalue weighted by Crippen LogP contribution is 2.48. The van der Waals surface area contributed by atoms with Crippen LogP contribution in [0.2, 0.25) is 0 Å². The average molecular weight is 795 g/mol. The van der Waals surface area contributed by atoms with Crippen LogP contribution in [0.1, 0.15) is 77.9 Å². The highest BCUT2D eigenvalue weighted by atomic mass is 35.5. The SMILES string of the molecule is COC1=C(CNC[C@H]2CCC(=O)N2)C=C(Cl)C(c2ccncc2)(c2cccc3c2CCC[C@@H]3Nc2nc(OC)c(CNC[C@H]3CCC(=O)N3)cc2C(F)(F)F)N1. The highest BCUT2D eigenvalue weighted by Gasteiger charge is 2.45. The van der Waals surface area contributed by atoms with Gasteiger partial charge in [-0.2, -0.15) is 18.2 Å². The molecule has 3 aliphatic heterocycles. The third-order valence-corrected chi connectivity index (χ3v) is 11.3. The number of pyridine rings is 2. The van der Waals surface area contributed by atoms with E-state index in [0.29, 0.717) is 69.1 Å². The number of carbonyl (C=O) groups is 2. The van der Waals surface area contributed by atoms with E-state index in [-0.39, 0.29) is 47.7 Å². The van der Waals surface area contributed by atoms with Crippen molar-refractivity contribution in [2.24, 2.45) is 0 Å². The smallest absolute Gasteiger partial charge is 0.419 e. The maximum Gasteiger partial charge on any atom is 0.419 e. The van der Waals surface area contributed by atoms with E-state index in [1.165, 1.54) is 7.11 Å². The molecule has 1 unspecified atom stereocenters. The van der Waals surface area contributed by atoms with Crippen molar-refractivity contribution in [1.29, 1.82) is 0 Å². The molecule has 1 aliphatic carbocycles. The van der Waals surface area contributed by atoms with Crippen LogP contribution >= 0.6 is 11.6 Å². The summed E-state index contributed by atoms with van der Waals surface area (Å²) in [5.74, 6) is 0.275. The Morgan fingerprint density at radius 2 is 1.62 bits per heavy atom. The van der Waals surface area contributed by atoms with Gasteiger partial charge in [-0.05, 0) is 78.6 Å². The summed E-state index contributed by atoms with van der Waals surface area (Å²) in [5.41, 5.74) is 2.46. The molecule has 1 aromatic carbocycles. The number of ether oxygens (including phenoxy) is 2. The number of hydrogen-bond donors (Lipinski definition) is 6. The van der Waals surface area contributed by atoms with Gasteiger partial charge < -0.3 is 41.4 Å². The van der Waals surface area contributed by atoms with E-state index in [1.807, 2.05) is 36.4 Å². The fraction of sp³-hybridized carbons (Fsp3) is 0.450. The fourth-order valence-electron chi connectivity index (χ4n) is 8.22. The number of rotatable bonds is 14. The van der Waals surface area contributed by atoms with Crippen molar-refractivity contribution < 1.29 is 32.2 Å². The summed E-state index contributed by atoms with van der Waals surface area (Å²) in [4.78, 5) is 31.9. The molecule has 2 fully saturated rings. The summed E-state index contributed by atoms with van der Waals surface area (Å²) in [5, 5.41) is 19.7. The fourth-order valence-corrected chi connectivity index (χ4v) is 8.61. The lowest BCUT2D eigenvalue weighted by molar-refractivity contribution is -0.137. The van der Waals surface area contributed by atoms with Gasteiger partial charge in [0.1, 0.15) is 11.4 Å². The van der Waals surface area contributed by atoms with Crippen LogP contribution in [0.15, 0.2) is 71.4 Å². The molecule has 3 aromatic rings. The summed E-state index contributed by atoms with van der Waals surface area (Å²) in [6.07, 6.45) is 4.85. The van der Waals surface area contributed by atoms with E-state index >= 15 is 0 Å². The molecule has 4 atom stereocenters. The van der Waals surface area contributed by atoms with Crippen LogP contribution in [-0.4, -0.2) is 67.7 Å². The van der Waals surface area contributed by atoms with Gasteiger partial charge in [-0.15, -0.1) is 0 Å². The number of alkyl halides is 3. The van der Waals surface area contributed by atoms with Gasteiger partial charge in [0, 0.05) is 74.6 Å². The number of halogens is 4. The summed E-state index contributed by atoms with van der Waals surface area (Å²) in [6.45, 7) is 1.50. The standard InChI is InChI=1S/C40H46ClF3N8O4/c1-55-37-23(19-46-21-26-9-11-34(53)48-26)17-31(40(42,43)44)36(51-37)50-32-8-4-5-28-29(32)6-3-7-30(28)39(25-13-15-45-16-14-25)33(41)18-24(38(52-39)56-2)20-47-22-27-10-12-35(54)49-27/h3,6-7,13-18,26-27,32,46-47,52H,4-5,8-12,19-22H2,1-2H3,(H,48,53)(H,49,54)(H,50,51)/t26-,27-,32+,39?/m1/s1. The Morgan fingerprint density at radius 3 is 2.25 bits per heavy atom. The second-order valence-corrected chi connectivity index (χ2v) is 15.0. The molecule has 0 spiro atoms. The maximum atomic E-state index is 14.7. The van der Waals surface area contributed by atoms with Gasteiger partial charge in [-0.1, -0.05) is 29.8 Å². The minimum Gasteiger partial charge on any atom is -0.482 e. The molecule has 2 saturated heterocycles. The summed E-state index contributed by atoms with van der Waals surface area (Å²) in [7, 11) is 2.97. The minimum absolute atomic E-state index is 0.0353. The van der Waals surface area contributed by atoms with Gasteiger partial charge in [0.2, 0.25) is 17.7 Å². The van der Waals surface area contributed by atoms with Crippen molar-refractivity contribution in [2.75, 3.05) is 39.2 Å². The van der Waals surface area contributed by atoms with Crippen LogP contribution in [0.3, 0.4) is 0 Å². The van der Waals surface area contributed by atoms with Crippen molar-refractivity contribution in [1.82, 2.24) is 36.6 Å². The number of fused-ring (bicyclic) bond motifs is 1. The van der Waals surface area contributed by atoms with E-state index in [2.05, 4.69) is 41.9 Å². The number of dihydropyridines is 1. The van der Waals surface area contributed by atoms with Gasteiger partial charge in [0.15, 0.2) is 5.88 Å². The third kappa shape index (κ3) is 8.16. The van der Waals surface area contributed by atoms with E-state index in [0.717, 1.165) is 40.3 Å². The number of amides is 2. The number of nitrogens with one attached hydrogen (secondary N) is 6. The molecule has 7 rings (SSSR count). The molecule has 0 bridgehead atoms. The number of hydrogen-bond acceptors (Lipinski definition) is 10. The first-order valence-electron chi connectivity index (χ1n) is 18.9. The maximum absolute atomic E-state index is 14.7. The van der Waals surface area contributed by atoms with Crippen LogP contribution in [0.4, 0.5) is 19.0 Å². The number of anilines is 1. The molecule has 0 saturated carbocycles. The Kier molecular flexibility index (Phi) is 11.7. The second-order valence-electron chi connectivity index (χ2n) is 14.5. The van der Waals surface area contributed by atoms with Crippen molar-refractivity contribution >= 4 is 29.2 Å². The van der Waals surface area contributed by atoms with Gasteiger partial charge in [0.25, 0.3) is 0 Å². The Balaban J connectivity index is 1.20. The van der Waals surface area contributed by atoms with Gasteiger partial charge in [0.05, 0.1) is 30.9 Å². The van der Waals surface area contributed by atoms with E-state index in [9.17, 15) is 22.8 Å². The zero-order valence-corrected chi connectivity index (χ0v) is 32.0. The molecule has 56 heavy (non-hydrogen) atoms. The summed E-state index contributed by atoms with van der Waals surface area (Å²) in [6, 6.07) is 10.1. The van der Waals surface area contributed by atoms with Gasteiger partial charge in [-0.3, -0.25) is 14.6 Å². The van der Waals surface area contributed by atoms with Gasteiger partial charge in [-0.25, -0.2) is 0 Å². The summed E-state index contributed by atoms with van der Waals surface area (Å²) < 4.78 is 55.6. The van der Waals surface area contributed by atoms with Crippen LogP contribution in [0.25, 0.3) is 0 Å². The largest absolute Gasteiger partial charge is 0.482 e. The van der Waals surface area contributed by atoms with Crippen molar-refractivity contribution in [3.63, 3.8) is 0 Å². The van der Waals surface area contributed by atoms with Crippen LogP contribution in [0.5, 0.6) is 5.88 Å². The lowest BCUT2D eigenvalue weighted by Gasteiger charge is -2.42. The Hall–Kier alpha value is -4.86. The predicted octanol–water partition coefficient (Wildman–Crippen LogP) is 5.06. The van der Waals surface area contributed by atoms with Crippen LogP contribution in [0, 0.1) is 0 Å². The van der Waals surface area contributed by atoms with Crippen LogP contribution < -0.4 is 36.6 Å². The monoisotopic (exact) mass is 794 g/mol. The van der Waals surface area contributed by atoms with Crippen LogP contribution in [-0.2, 0) is 39.0 Å². The molecule has 5 heterocycles. The zero-order chi connectivity index (χ0) is 39.5. The van der Waals surface area contributed by atoms with Crippen molar-refractivity contribution in [3.8, 4) is 5.88 Å². The first kappa shape index (κ1) is 39.4. The predicted molar refractivity (Wildman–Crippen MR) is 205 cm³/mol. The molecule has 2 amide bonds. The molecule has 6 N–H and O–H groups in total. The molecular formula is C40H46ClF3N8O4. The van der Waals surface area contributed by atoms with E-state index < -0.39 is 23.3 Å². The first-order valence-corrected chi connectivity index (χ1v) is 19.3. The topological polar surface area (TPSA) is 151 Å². The quantitative estimate of drug-likeness (QED) is 0.131. The molecule has 4 aliphatic rings. The Morgan fingerprint density at radius 1 is 0.929 bits per heavy atom. The molecule has 298 valence electrons. The number of carbonyl (C=O) groups excluding carboxylic acids is 2. The van der Waals surface area contributed by atoms with Crippen molar-refractivity contribution in [3.05, 3.63) is 105 Å². The van der Waals surface area contributed by atoms with Crippen molar-refractivity contribution in [2.45, 2.75) is 81.3 Å². The number of aromatic nitrogens is 2. The normalized spacial score (nSPS) is 23.5. The average Bonchev–Trinajstić information content (AvgIpc) is 3.81. The van der Waals surface area contributed by atoms with E-state index in [4.69, 9.17) is 21.1 Å². The Bertz CT molecular complexity index is 2010. The third-order valence-electron chi connectivity index (χ3n) is 10.9. The second kappa shape index (κ2) is 16.7. The molecule has 12 nitrogen and oxygen atoms in total. The zero-order valence-electron chi connectivity index (χ0n) is 31.2. The molecule has 0 radical (unpaired) electrons. The number of benzene rings is 1. The van der Waals surface area contributed by atoms with E-state index in [1.54, 1.807) is 19.5 Å². The van der Waals surface area contributed by atoms with Gasteiger partial charge >= 0.3 is 6.18 Å². The minimum atomic E-state index is -4.70. The highest BCUT2D eigenvalue weighted by molar-refractivity contribution is 6.31. The lowest BCUT2D eigenvalue weighted by Crippen LogP contribution is -2.48. The summed E-state index contributed by atoms with van der Waals surface area (Å²) >= 11 is 7.37. The Labute approximate surface area is 328 Å². The molecule has 16 heteroatoms. The first-order chi connectivity index (χ1) is 27.0. The molecular weight excluding hydrogens is 749 g/mol. The number of nitrogens with zero attached hydrogens (tertiary/aromatic N) is 2. The lowest BCUT2D eigenvalue weighted by atomic mass is 9.74.